The van der Waals surface area contributed by atoms with Crippen LogP contribution in [0.25, 0.3) is 0 Å². The Bertz CT molecular complexity index is 839. The minimum atomic E-state index is -0.784. The first-order valence-corrected chi connectivity index (χ1v) is 14.9. The fourth-order valence-corrected chi connectivity index (χ4v) is 4.99. The highest BCUT2D eigenvalue weighted by Crippen LogP contribution is 2.26. The molecule has 38 heavy (non-hydrogen) atoms. The van der Waals surface area contributed by atoms with Crippen LogP contribution in [0, 0.1) is 0 Å². The summed E-state index contributed by atoms with van der Waals surface area (Å²) < 4.78 is 4.46. The van der Waals surface area contributed by atoms with Crippen molar-refractivity contribution in [2.45, 2.75) is 128 Å². The molecule has 0 spiro atoms. The van der Waals surface area contributed by atoms with E-state index < -0.39 is 11.2 Å². The summed E-state index contributed by atoms with van der Waals surface area (Å²) in [5.41, 5.74) is 0.392. The van der Waals surface area contributed by atoms with E-state index in [4.69, 9.17) is 0 Å². The van der Waals surface area contributed by atoms with Gasteiger partial charge in [0.15, 0.2) is 24.8 Å². The van der Waals surface area contributed by atoms with Gasteiger partial charge < -0.3 is 10.2 Å². The van der Waals surface area contributed by atoms with Crippen molar-refractivity contribution < 1.29 is 19.3 Å². The molecule has 0 radical (unpaired) electrons. The Morgan fingerprint density at radius 2 is 0.868 bits per heavy atom. The van der Waals surface area contributed by atoms with E-state index in [1.165, 1.54) is 64.2 Å². The van der Waals surface area contributed by atoms with Crippen molar-refractivity contribution >= 4 is 0 Å². The Hall–Kier alpha value is -2.30. The highest BCUT2D eigenvalue weighted by molar-refractivity contribution is 5.17. The quantitative estimate of drug-likeness (QED) is 0.103. The Morgan fingerprint density at radius 1 is 0.579 bits per heavy atom. The molecule has 0 aromatic carbocycles. The van der Waals surface area contributed by atoms with Crippen LogP contribution in [0.1, 0.15) is 115 Å². The van der Waals surface area contributed by atoms with E-state index in [0.717, 1.165) is 37.1 Å². The largest absolute Gasteiger partial charge is 0.385 e. The zero-order valence-corrected chi connectivity index (χ0v) is 24.3. The van der Waals surface area contributed by atoms with Crippen molar-refractivity contribution in [2.24, 2.45) is 0 Å². The van der Waals surface area contributed by atoms with Crippen molar-refractivity contribution in [1.29, 1.82) is 0 Å². The van der Waals surface area contributed by atoms with Crippen molar-refractivity contribution in [2.75, 3.05) is 0 Å². The normalized spacial score (nSPS) is 14.5. The van der Waals surface area contributed by atoms with Crippen LogP contribution in [0.15, 0.2) is 74.4 Å². The molecule has 4 heteroatoms. The van der Waals surface area contributed by atoms with Gasteiger partial charge in [-0.3, -0.25) is 0 Å². The van der Waals surface area contributed by atoms with Gasteiger partial charge >= 0.3 is 0 Å². The molecule has 0 saturated heterocycles. The Labute approximate surface area is 232 Å². The summed E-state index contributed by atoms with van der Waals surface area (Å²) in [5, 5.41) is 21.2. The van der Waals surface area contributed by atoms with Gasteiger partial charge in [-0.2, -0.15) is 0 Å². The average molecular weight is 523 g/mol. The molecule has 210 valence electrons. The molecular weight excluding hydrogens is 468 g/mol. The van der Waals surface area contributed by atoms with E-state index in [9.17, 15) is 10.2 Å². The number of hydrogen-bond acceptors (Lipinski definition) is 2. The lowest BCUT2D eigenvalue weighted by Crippen LogP contribution is -2.34. The van der Waals surface area contributed by atoms with Crippen LogP contribution < -0.4 is 9.13 Å². The summed E-state index contributed by atoms with van der Waals surface area (Å²) in [6, 6.07) is 8.21. The standard InChI is InChI=1S/C34H54N2O2/c1-5-7-23-33(3,37)31-19-27-35(28-20-31)25-17-15-13-11-9-10-12-14-16-18-26-36-29-21-32(22-30-36)34(4,38)24-8-6-2/h5-6,19-22,27-30,37-38H,1-2,7-18,23-26H2,3-4H3/q+2. The summed E-state index contributed by atoms with van der Waals surface area (Å²) in [6.07, 6.45) is 28.2. The molecule has 2 aromatic rings. The second kappa shape index (κ2) is 17.3. The molecule has 0 aliphatic heterocycles. The third-order valence-electron chi connectivity index (χ3n) is 7.78. The number of allylic oxidation sites excluding steroid dienone is 2. The van der Waals surface area contributed by atoms with Crippen LogP contribution in [0.2, 0.25) is 0 Å². The second-order valence-corrected chi connectivity index (χ2v) is 11.4. The molecule has 0 aliphatic rings. The number of aryl methyl sites for hydroxylation is 2. The first-order chi connectivity index (χ1) is 18.3. The predicted molar refractivity (Wildman–Crippen MR) is 157 cm³/mol. The molecule has 0 saturated carbocycles. The molecule has 0 bridgehead atoms. The number of nitrogens with zero attached hydrogens (tertiary/aromatic N) is 2. The molecule has 2 aromatic heterocycles. The third kappa shape index (κ3) is 12.0. The van der Waals surface area contributed by atoms with Crippen LogP contribution in [-0.2, 0) is 24.3 Å². The Morgan fingerprint density at radius 3 is 1.16 bits per heavy atom. The summed E-state index contributed by atoms with van der Waals surface area (Å²) in [4.78, 5) is 0. The van der Waals surface area contributed by atoms with Gasteiger partial charge in [0.25, 0.3) is 0 Å². The minimum absolute atomic E-state index is 0.705. The van der Waals surface area contributed by atoms with E-state index in [0.29, 0.717) is 12.8 Å². The molecule has 4 nitrogen and oxygen atoms in total. The smallest absolute Gasteiger partial charge is 0.169 e. The molecule has 2 rings (SSSR count). The lowest BCUT2D eigenvalue weighted by Gasteiger charge is -2.22. The molecular formula is C34H54N2O2+2. The number of pyridine rings is 2. The highest BCUT2D eigenvalue weighted by Gasteiger charge is 2.23. The topological polar surface area (TPSA) is 48.2 Å². The molecule has 2 N–H and O–H groups in total. The maximum Gasteiger partial charge on any atom is 0.169 e. The van der Waals surface area contributed by atoms with Gasteiger partial charge in [-0.1, -0.05) is 50.7 Å². The lowest BCUT2D eigenvalue weighted by atomic mass is 9.92. The van der Waals surface area contributed by atoms with Crippen molar-refractivity contribution in [3.63, 3.8) is 0 Å². The zero-order valence-electron chi connectivity index (χ0n) is 24.3. The van der Waals surface area contributed by atoms with Gasteiger partial charge in [0.05, 0.1) is 11.2 Å². The fourth-order valence-electron chi connectivity index (χ4n) is 4.99. The number of rotatable bonds is 21. The van der Waals surface area contributed by atoms with Crippen molar-refractivity contribution in [1.82, 2.24) is 0 Å². The summed E-state index contributed by atoms with van der Waals surface area (Å²) in [6.45, 7) is 13.4. The number of hydrogen-bond donors (Lipinski definition) is 2. The average Bonchev–Trinajstić information content (AvgIpc) is 2.92. The molecule has 0 fully saturated rings. The second-order valence-electron chi connectivity index (χ2n) is 11.4. The summed E-state index contributed by atoms with van der Waals surface area (Å²) in [5.74, 6) is 0. The first-order valence-electron chi connectivity index (χ1n) is 14.9. The molecule has 0 amide bonds. The monoisotopic (exact) mass is 522 g/mol. The van der Waals surface area contributed by atoms with Gasteiger partial charge in [-0.15, -0.1) is 13.2 Å². The van der Waals surface area contributed by atoms with E-state index in [1.54, 1.807) is 0 Å². The van der Waals surface area contributed by atoms with E-state index in [-0.39, 0.29) is 0 Å². The van der Waals surface area contributed by atoms with Gasteiger partial charge in [0.2, 0.25) is 0 Å². The summed E-state index contributed by atoms with van der Waals surface area (Å²) in [7, 11) is 0. The van der Waals surface area contributed by atoms with Crippen molar-refractivity contribution in [3.8, 4) is 0 Å². The number of unbranched alkanes of at least 4 members (excludes halogenated alkanes) is 9. The lowest BCUT2D eigenvalue weighted by molar-refractivity contribution is -0.697. The van der Waals surface area contributed by atoms with E-state index >= 15 is 0 Å². The van der Waals surface area contributed by atoms with Crippen LogP contribution in [0.4, 0.5) is 0 Å². The van der Waals surface area contributed by atoms with Crippen LogP contribution in [-0.4, -0.2) is 10.2 Å². The van der Waals surface area contributed by atoms with Gasteiger partial charge in [0, 0.05) is 37.1 Å². The zero-order chi connectivity index (χ0) is 27.7. The van der Waals surface area contributed by atoms with Gasteiger partial charge in [0.1, 0.15) is 13.1 Å². The first kappa shape index (κ1) is 31.9. The van der Waals surface area contributed by atoms with Crippen LogP contribution in [0.3, 0.4) is 0 Å². The predicted octanol–water partition coefficient (Wildman–Crippen LogP) is 7.21. The van der Waals surface area contributed by atoms with E-state index in [1.807, 2.05) is 26.0 Å². The van der Waals surface area contributed by atoms with E-state index in [2.05, 4.69) is 71.3 Å². The molecule has 2 atom stereocenters. The molecule has 2 heterocycles. The SMILES string of the molecule is C=CCCC(C)(O)c1cc[n+](CCCCCCCCCCCC[n+]2ccc(C(C)(O)CCC=C)cc2)cc1. The Kier molecular flexibility index (Phi) is 14.5. The van der Waals surface area contributed by atoms with Crippen molar-refractivity contribution in [3.05, 3.63) is 85.5 Å². The third-order valence-corrected chi connectivity index (χ3v) is 7.78. The fraction of sp³-hybridized carbons (Fsp3) is 0.588. The molecule has 2 unspecified atom stereocenters. The van der Waals surface area contributed by atoms with Gasteiger partial charge in [-0.05, 0) is 63.5 Å². The highest BCUT2D eigenvalue weighted by atomic mass is 16.3. The van der Waals surface area contributed by atoms with Crippen LogP contribution >= 0.6 is 0 Å². The Balaban J connectivity index is 1.46. The minimum Gasteiger partial charge on any atom is -0.385 e. The molecule has 0 aliphatic carbocycles. The van der Waals surface area contributed by atoms with Crippen LogP contribution in [0.5, 0.6) is 0 Å². The summed E-state index contributed by atoms with van der Waals surface area (Å²) >= 11 is 0. The maximum absolute atomic E-state index is 10.6. The maximum atomic E-state index is 10.6. The van der Waals surface area contributed by atoms with Gasteiger partial charge in [-0.25, -0.2) is 9.13 Å². The number of aromatic nitrogens is 2. The number of aliphatic hydroxyl groups is 2.